The van der Waals surface area contributed by atoms with Crippen LogP contribution in [0.2, 0.25) is 0 Å². The minimum atomic E-state index is -4.80. The van der Waals surface area contributed by atoms with Crippen LogP contribution in [0.4, 0.5) is 13.2 Å². The molecule has 2 rings (SSSR count). The van der Waals surface area contributed by atoms with Gasteiger partial charge in [0.15, 0.2) is 0 Å². The molecule has 1 heterocycles. The molecule has 0 bridgehead atoms. The number of aromatic nitrogens is 1. The second-order valence-corrected chi connectivity index (χ2v) is 4.00. The van der Waals surface area contributed by atoms with Gasteiger partial charge in [0.1, 0.15) is 17.2 Å². The van der Waals surface area contributed by atoms with Crippen LogP contribution in [-0.2, 0) is 6.18 Å². The fourth-order valence-electron chi connectivity index (χ4n) is 1.83. The Bertz CT molecular complexity index is 692. The average Bonchev–Trinajstić information content (AvgIpc) is 2.37. The Kier molecular flexibility index (Phi) is 3.44. The monoisotopic (exact) mass is 285 g/mol. The molecule has 20 heavy (non-hydrogen) atoms. The number of aromatic hydroxyl groups is 1. The Morgan fingerprint density at radius 2 is 1.95 bits per heavy atom. The second kappa shape index (κ2) is 4.92. The van der Waals surface area contributed by atoms with Crippen LogP contribution in [0.25, 0.3) is 11.1 Å². The molecule has 1 aromatic carbocycles. The van der Waals surface area contributed by atoms with E-state index in [2.05, 4.69) is 0 Å². The van der Waals surface area contributed by atoms with Crippen molar-refractivity contribution in [1.82, 2.24) is 4.98 Å². The number of nitrogens with one attached hydrogen (secondary N) is 1. The molecule has 0 aliphatic heterocycles. The van der Waals surface area contributed by atoms with E-state index in [1.54, 1.807) is 11.1 Å². The number of halogens is 3. The third kappa shape index (κ3) is 2.61. The zero-order chi connectivity index (χ0) is 14.9. The summed E-state index contributed by atoms with van der Waals surface area (Å²) in [5.41, 5.74) is -2.72. The maximum atomic E-state index is 13.0. The molecule has 0 amide bonds. The third-order valence-electron chi connectivity index (χ3n) is 2.66. The highest BCUT2D eigenvalue weighted by atomic mass is 19.4. The Hall–Kier alpha value is -2.44. The van der Waals surface area contributed by atoms with Crippen LogP contribution in [0.1, 0.15) is 5.69 Å². The lowest BCUT2D eigenvalue weighted by molar-refractivity contribution is -0.140. The average molecular weight is 285 g/mol. The van der Waals surface area contributed by atoms with Crippen LogP contribution >= 0.6 is 0 Å². The number of pyridine rings is 1. The van der Waals surface area contributed by atoms with Gasteiger partial charge in [-0.15, -0.1) is 0 Å². The summed E-state index contributed by atoms with van der Waals surface area (Å²) in [5, 5.41) is 9.69. The van der Waals surface area contributed by atoms with E-state index in [-0.39, 0.29) is 5.56 Å². The molecule has 0 aliphatic rings. The first-order valence-electron chi connectivity index (χ1n) is 5.51. The Morgan fingerprint density at radius 3 is 2.55 bits per heavy atom. The number of ether oxygens (including phenoxy) is 1. The van der Waals surface area contributed by atoms with Crippen molar-refractivity contribution in [3.05, 3.63) is 46.4 Å². The van der Waals surface area contributed by atoms with Crippen LogP contribution in [0, 0.1) is 0 Å². The van der Waals surface area contributed by atoms with Crippen molar-refractivity contribution >= 4 is 0 Å². The molecule has 2 N–H and O–H groups in total. The number of H-pyrrole nitrogens is 1. The standard InChI is InChI=1S/C13H10F3NO3/c1-20-8-4-2-3-7(5-8)11-9(18)6-10(19)17-12(11)13(14,15)16/h2-6H,1H3,(H2,17,18,19). The third-order valence-corrected chi connectivity index (χ3v) is 2.66. The number of hydrogen-bond donors (Lipinski definition) is 2. The normalized spacial score (nSPS) is 11.4. The number of alkyl halides is 3. The van der Waals surface area contributed by atoms with E-state index in [0.717, 1.165) is 0 Å². The van der Waals surface area contributed by atoms with E-state index in [0.29, 0.717) is 11.8 Å². The lowest BCUT2D eigenvalue weighted by atomic mass is 10.0. The van der Waals surface area contributed by atoms with Gasteiger partial charge >= 0.3 is 6.18 Å². The molecule has 0 atom stereocenters. The van der Waals surface area contributed by atoms with Crippen LogP contribution < -0.4 is 10.3 Å². The first-order chi connectivity index (χ1) is 9.32. The fraction of sp³-hybridized carbons (Fsp3) is 0.154. The van der Waals surface area contributed by atoms with Gasteiger partial charge in [0.2, 0.25) is 0 Å². The highest BCUT2D eigenvalue weighted by Crippen LogP contribution is 2.40. The van der Waals surface area contributed by atoms with Gasteiger partial charge in [0.25, 0.3) is 5.56 Å². The van der Waals surface area contributed by atoms with E-state index in [1.165, 1.54) is 25.3 Å². The molecule has 0 saturated heterocycles. The first-order valence-corrected chi connectivity index (χ1v) is 5.51. The van der Waals surface area contributed by atoms with Gasteiger partial charge in [-0.2, -0.15) is 13.2 Å². The number of rotatable bonds is 2. The molecular formula is C13H10F3NO3. The second-order valence-electron chi connectivity index (χ2n) is 4.00. The molecule has 106 valence electrons. The van der Waals surface area contributed by atoms with E-state index in [1.807, 2.05) is 0 Å². The molecule has 0 radical (unpaired) electrons. The summed E-state index contributed by atoms with van der Waals surface area (Å²) in [5.74, 6) is -0.407. The maximum absolute atomic E-state index is 13.0. The molecule has 0 saturated carbocycles. The summed E-state index contributed by atoms with van der Waals surface area (Å²) in [6.07, 6.45) is -4.80. The summed E-state index contributed by atoms with van der Waals surface area (Å²) in [6, 6.07) is 6.45. The van der Waals surface area contributed by atoms with Gasteiger partial charge in [-0.05, 0) is 17.7 Å². The lowest BCUT2D eigenvalue weighted by Crippen LogP contribution is -2.17. The Balaban J connectivity index is 2.75. The van der Waals surface area contributed by atoms with Gasteiger partial charge in [-0.3, -0.25) is 4.79 Å². The summed E-state index contributed by atoms with van der Waals surface area (Å²) in [6.45, 7) is 0. The van der Waals surface area contributed by atoms with Gasteiger partial charge in [0.05, 0.1) is 12.7 Å². The summed E-state index contributed by atoms with van der Waals surface area (Å²) < 4.78 is 43.8. The maximum Gasteiger partial charge on any atom is 0.432 e. The van der Waals surface area contributed by atoms with Crippen LogP contribution in [-0.4, -0.2) is 17.2 Å². The number of benzene rings is 1. The minimum absolute atomic E-state index is 0.0884. The van der Waals surface area contributed by atoms with Crippen LogP contribution in [0.3, 0.4) is 0 Å². The number of aromatic amines is 1. The smallest absolute Gasteiger partial charge is 0.432 e. The van der Waals surface area contributed by atoms with Gasteiger partial charge in [-0.25, -0.2) is 0 Å². The quantitative estimate of drug-likeness (QED) is 0.891. The van der Waals surface area contributed by atoms with E-state index < -0.39 is 28.7 Å². The summed E-state index contributed by atoms with van der Waals surface area (Å²) in [4.78, 5) is 12.8. The van der Waals surface area contributed by atoms with E-state index >= 15 is 0 Å². The van der Waals surface area contributed by atoms with Gasteiger partial charge in [0, 0.05) is 6.07 Å². The molecule has 4 nitrogen and oxygen atoms in total. The number of hydrogen-bond acceptors (Lipinski definition) is 3. The lowest BCUT2D eigenvalue weighted by Gasteiger charge is -2.14. The molecule has 0 unspecified atom stereocenters. The highest BCUT2D eigenvalue weighted by molar-refractivity contribution is 5.73. The van der Waals surface area contributed by atoms with Crippen molar-refractivity contribution in [1.29, 1.82) is 0 Å². The summed E-state index contributed by atoms with van der Waals surface area (Å²) >= 11 is 0. The Morgan fingerprint density at radius 1 is 1.25 bits per heavy atom. The van der Waals surface area contributed by atoms with Crippen molar-refractivity contribution in [2.45, 2.75) is 6.18 Å². The predicted molar refractivity (Wildman–Crippen MR) is 65.7 cm³/mol. The molecule has 0 aliphatic carbocycles. The van der Waals surface area contributed by atoms with Crippen molar-refractivity contribution in [2.24, 2.45) is 0 Å². The number of methoxy groups -OCH3 is 1. The largest absolute Gasteiger partial charge is 0.507 e. The molecule has 1 aromatic heterocycles. The van der Waals surface area contributed by atoms with Crippen molar-refractivity contribution in [2.75, 3.05) is 7.11 Å². The highest BCUT2D eigenvalue weighted by Gasteiger charge is 2.36. The van der Waals surface area contributed by atoms with Crippen LogP contribution in [0.5, 0.6) is 11.5 Å². The van der Waals surface area contributed by atoms with Gasteiger partial charge in [-0.1, -0.05) is 12.1 Å². The van der Waals surface area contributed by atoms with Crippen molar-refractivity contribution < 1.29 is 23.0 Å². The molecule has 7 heteroatoms. The first kappa shape index (κ1) is 14.0. The zero-order valence-electron chi connectivity index (χ0n) is 10.3. The minimum Gasteiger partial charge on any atom is -0.507 e. The molecule has 0 spiro atoms. The van der Waals surface area contributed by atoms with Crippen LogP contribution in [0.15, 0.2) is 35.1 Å². The van der Waals surface area contributed by atoms with E-state index in [9.17, 15) is 23.1 Å². The topological polar surface area (TPSA) is 62.3 Å². The molecule has 2 aromatic rings. The zero-order valence-corrected chi connectivity index (χ0v) is 10.3. The Labute approximate surface area is 111 Å². The molecular weight excluding hydrogens is 275 g/mol. The SMILES string of the molecule is COc1cccc(-c2c(O)cc(=O)[nH]c2C(F)(F)F)c1. The van der Waals surface area contributed by atoms with Crippen molar-refractivity contribution in [3.63, 3.8) is 0 Å². The van der Waals surface area contributed by atoms with Gasteiger partial charge < -0.3 is 14.8 Å². The molecule has 0 fully saturated rings. The van der Waals surface area contributed by atoms with E-state index in [4.69, 9.17) is 4.74 Å². The van der Waals surface area contributed by atoms with Crippen molar-refractivity contribution in [3.8, 4) is 22.6 Å². The fourth-order valence-corrected chi connectivity index (χ4v) is 1.83. The predicted octanol–water partition coefficient (Wildman–Crippen LogP) is 2.77. The summed E-state index contributed by atoms with van der Waals surface area (Å²) in [7, 11) is 1.37.